The maximum Gasteiger partial charge on any atom is 0.137 e. The number of hydrogen-bond acceptors (Lipinski definition) is 3. The number of nitrogens with two attached hydrogens (primary N) is 1. The molecule has 0 unspecified atom stereocenters. The molecular weight excluding hydrogens is 268 g/mol. The van der Waals surface area contributed by atoms with Crippen LogP contribution in [0.3, 0.4) is 0 Å². The Morgan fingerprint density at radius 3 is 2.63 bits per heavy atom. The van der Waals surface area contributed by atoms with Crippen LogP contribution in [0.1, 0.15) is 25.6 Å². The molecule has 6 heteroatoms. The largest absolute Gasteiger partial charge is 0.395 e. The van der Waals surface area contributed by atoms with Crippen molar-refractivity contribution in [2.24, 2.45) is 0 Å². The zero-order valence-corrected chi connectivity index (χ0v) is 11.8. The molecule has 0 amide bonds. The minimum atomic E-state index is -0.477. The lowest BCUT2D eigenvalue weighted by Gasteiger charge is -2.11. The maximum absolute atomic E-state index is 13.7. The average molecular weight is 283 g/mol. The van der Waals surface area contributed by atoms with E-state index in [9.17, 15) is 8.78 Å². The Labute approximate surface area is 114 Å². The minimum Gasteiger partial charge on any atom is -0.395 e. The summed E-state index contributed by atoms with van der Waals surface area (Å²) in [6.07, 6.45) is 0. The minimum absolute atomic E-state index is 0.0927. The zero-order chi connectivity index (χ0) is 14.2. The molecule has 1 heterocycles. The first-order chi connectivity index (χ1) is 8.90. The van der Waals surface area contributed by atoms with Gasteiger partial charge in [0, 0.05) is 6.04 Å². The van der Waals surface area contributed by atoms with Gasteiger partial charge >= 0.3 is 0 Å². The van der Waals surface area contributed by atoms with Gasteiger partial charge in [-0.15, -0.1) is 0 Å². The van der Waals surface area contributed by atoms with Crippen LogP contribution in [0.4, 0.5) is 14.5 Å². The molecule has 0 aliphatic rings. The third-order valence-corrected chi connectivity index (χ3v) is 3.81. The van der Waals surface area contributed by atoms with Crippen molar-refractivity contribution in [3.05, 3.63) is 35.5 Å². The molecule has 0 saturated carbocycles. The molecule has 0 radical (unpaired) electrons. The van der Waals surface area contributed by atoms with Crippen molar-refractivity contribution in [2.75, 3.05) is 5.73 Å². The summed E-state index contributed by atoms with van der Waals surface area (Å²) in [5.41, 5.74) is 7.15. The Balaban J connectivity index is 2.45. The predicted octanol–water partition coefficient (Wildman–Crippen LogP) is 3.78. The van der Waals surface area contributed by atoms with Gasteiger partial charge in [0.25, 0.3) is 0 Å². The fourth-order valence-corrected chi connectivity index (χ4v) is 2.80. The lowest BCUT2D eigenvalue weighted by Crippen LogP contribution is -2.05. The van der Waals surface area contributed by atoms with Crippen LogP contribution in [0.5, 0.6) is 0 Å². The molecule has 0 fully saturated rings. The van der Waals surface area contributed by atoms with Gasteiger partial charge in [0.05, 0.1) is 16.3 Å². The Hall–Kier alpha value is -1.56. The first-order valence-electron chi connectivity index (χ1n) is 5.87. The summed E-state index contributed by atoms with van der Waals surface area (Å²) < 4.78 is 28.6. The number of benzene rings is 1. The Morgan fingerprint density at radius 2 is 2.00 bits per heavy atom. The second kappa shape index (κ2) is 5.21. The first kappa shape index (κ1) is 13.9. The molecule has 0 spiro atoms. The lowest BCUT2D eigenvalue weighted by atomic mass is 10.3. The van der Waals surface area contributed by atoms with E-state index in [0.29, 0.717) is 16.4 Å². The molecule has 2 rings (SSSR count). The van der Waals surface area contributed by atoms with Gasteiger partial charge in [-0.05, 0) is 39.0 Å². The van der Waals surface area contributed by atoms with Crippen molar-refractivity contribution in [2.45, 2.75) is 36.7 Å². The summed E-state index contributed by atoms with van der Waals surface area (Å²) in [5, 5.41) is 4.95. The fraction of sp³-hybridized carbons (Fsp3) is 0.308. The number of rotatable bonds is 3. The second-order valence-corrected chi connectivity index (χ2v) is 5.55. The number of halogens is 2. The second-order valence-electron chi connectivity index (χ2n) is 4.52. The highest BCUT2D eigenvalue weighted by atomic mass is 32.2. The molecule has 2 aromatic rings. The molecule has 3 nitrogen and oxygen atoms in total. The smallest absolute Gasteiger partial charge is 0.137 e. The van der Waals surface area contributed by atoms with E-state index in [1.54, 1.807) is 11.6 Å². The molecule has 1 aromatic heterocycles. The molecule has 19 heavy (non-hydrogen) atoms. The molecule has 0 atom stereocenters. The van der Waals surface area contributed by atoms with Crippen LogP contribution in [0.15, 0.2) is 28.1 Å². The molecule has 0 bridgehead atoms. The summed E-state index contributed by atoms with van der Waals surface area (Å²) >= 11 is 1.09. The van der Waals surface area contributed by atoms with Crippen LogP contribution in [0.25, 0.3) is 0 Å². The fourth-order valence-electron chi connectivity index (χ4n) is 1.65. The van der Waals surface area contributed by atoms with Gasteiger partial charge in [0.1, 0.15) is 16.7 Å². The van der Waals surface area contributed by atoms with Gasteiger partial charge < -0.3 is 5.73 Å². The van der Waals surface area contributed by atoms with Crippen LogP contribution in [0.2, 0.25) is 0 Å². The monoisotopic (exact) mass is 283 g/mol. The van der Waals surface area contributed by atoms with Gasteiger partial charge in [-0.3, -0.25) is 4.68 Å². The third-order valence-electron chi connectivity index (χ3n) is 2.68. The van der Waals surface area contributed by atoms with E-state index in [-0.39, 0.29) is 10.9 Å². The van der Waals surface area contributed by atoms with Crippen LogP contribution in [-0.4, -0.2) is 9.78 Å². The summed E-state index contributed by atoms with van der Waals surface area (Å²) in [7, 11) is 0. The highest BCUT2D eigenvalue weighted by molar-refractivity contribution is 7.99. The summed E-state index contributed by atoms with van der Waals surface area (Å²) in [6.45, 7) is 5.70. The molecule has 0 aliphatic carbocycles. The van der Waals surface area contributed by atoms with Crippen molar-refractivity contribution >= 4 is 17.4 Å². The zero-order valence-electron chi connectivity index (χ0n) is 10.9. The van der Waals surface area contributed by atoms with Crippen molar-refractivity contribution in [1.82, 2.24) is 9.78 Å². The van der Waals surface area contributed by atoms with E-state index in [1.165, 1.54) is 0 Å². The summed E-state index contributed by atoms with van der Waals surface area (Å²) in [4.78, 5) is 0.202. The number of nitrogens with zero attached hydrogens (tertiary/aromatic N) is 2. The Kier molecular flexibility index (Phi) is 3.80. The lowest BCUT2D eigenvalue weighted by molar-refractivity contribution is 0.490. The topological polar surface area (TPSA) is 43.8 Å². The number of anilines is 1. The van der Waals surface area contributed by atoms with E-state index in [4.69, 9.17) is 5.73 Å². The van der Waals surface area contributed by atoms with E-state index in [0.717, 1.165) is 30.0 Å². The third kappa shape index (κ3) is 2.73. The van der Waals surface area contributed by atoms with Crippen LogP contribution in [0, 0.1) is 18.6 Å². The van der Waals surface area contributed by atoms with Gasteiger partial charge in [-0.2, -0.15) is 5.10 Å². The molecular formula is C13H15F2N3S. The van der Waals surface area contributed by atoms with Crippen molar-refractivity contribution in [3.8, 4) is 0 Å². The SMILES string of the molecule is Cc1nn(C(C)C)c(Sc2cc(F)ccc2F)c1N. The van der Waals surface area contributed by atoms with Crippen LogP contribution < -0.4 is 5.73 Å². The van der Waals surface area contributed by atoms with Gasteiger partial charge in [0.15, 0.2) is 0 Å². The predicted molar refractivity (Wildman–Crippen MR) is 72.2 cm³/mol. The van der Waals surface area contributed by atoms with Crippen LogP contribution in [-0.2, 0) is 0 Å². The summed E-state index contributed by atoms with van der Waals surface area (Å²) in [6, 6.07) is 3.45. The number of hydrogen-bond donors (Lipinski definition) is 1. The van der Waals surface area contributed by atoms with E-state index >= 15 is 0 Å². The molecule has 1 aromatic carbocycles. The molecule has 102 valence electrons. The average Bonchev–Trinajstić information content (AvgIpc) is 2.62. The number of aromatic nitrogens is 2. The Morgan fingerprint density at radius 1 is 1.32 bits per heavy atom. The number of nitrogen functional groups attached to an aromatic ring is 1. The van der Waals surface area contributed by atoms with Gasteiger partial charge in [0.2, 0.25) is 0 Å². The number of aryl methyl sites for hydroxylation is 1. The first-order valence-corrected chi connectivity index (χ1v) is 6.69. The highest BCUT2D eigenvalue weighted by Gasteiger charge is 2.17. The van der Waals surface area contributed by atoms with E-state index in [2.05, 4.69) is 5.10 Å². The quantitative estimate of drug-likeness (QED) is 0.932. The van der Waals surface area contributed by atoms with E-state index in [1.807, 2.05) is 13.8 Å². The standard InChI is InChI=1S/C13H15F2N3S/c1-7(2)18-13(12(16)8(3)17-18)19-11-6-9(14)4-5-10(11)15/h4-7H,16H2,1-3H3. The summed E-state index contributed by atoms with van der Waals surface area (Å²) in [5.74, 6) is -0.949. The maximum atomic E-state index is 13.7. The normalized spacial score (nSPS) is 11.3. The van der Waals surface area contributed by atoms with Crippen molar-refractivity contribution in [3.63, 3.8) is 0 Å². The highest BCUT2D eigenvalue weighted by Crippen LogP contribution is 2.36. The molecule has 0 saturated heterocycles. The molecule has 0 aliphatic heterocycles. The van der Waals surface area contributed by atoms with Gasteiger partial charge in [-0.25, -0.2) is 8.78 Å². The van der Waals surface area contributed by atoms with E-state index < -0.39 is 11.6 Å². The van der Waals surface area contributed by atoms with Crippen LogP contribution >= 0.6 is 11.8 Å². The van der Waals surface area contributed by atoms with Crippen molar-refractivity contribution < 1.29 is 8.78 Å². The molecule has 2 N–H and O–H groups in total. The Bertz CT molecular complexity index is 608. The van der Waals surface area contributed by atoms with Crippen molar-refractivity contribution in [1.29, 1.82) is 0 Å². The van der Waals surface area contributed by atoms with Gasteiger partial charge in [-0.1, -0.05) is 11.8 Å².